The summed E-state index contributed by atoms with van der Waals surface area (Å²) in [6, 6.07) is 0. The molecule has 9 heteroatoms. The van der Waals surface area contributed by atoms with Crippen molar-refractivity contribution in [2.45, 2.75) is 238 Å². The molecule has 0 saturated heterocycles. The molecule has 63 heavy (non-hydrogen) atoms. The zero-order valence-corrected chi connectivity index (χ0v) is 42.9. The van der Waals surface area contributed by atoms with Gasteiger partial charge in [0.25, 0.3) is 7.82 Å². The van der Waals surface area contributed by atoms with Crippen molar-refractivity contribution in [2.24, 2.45) is 0 Å². The first-order chi connectivity index (χ1) is 30.6. The van der Waals surface area contributed by atoms with Gasteiger partial charge < -0.3 is 27.9 Å². The summed E-state index contributed by atoms with van der Waals surface area (Å²) in [6.45, 7) is 5.32. The largest absolute Gasteiger partial charge is 0.756 e. The molecule has 0 aromatic rings. The van der Waals surface area contributed by atoms with Gasteiger partial charge in [0.1, 0.15) is 19.3 Å². The van der Waals surface area contributed by atoms with Gasteiger partial charge in [-0.25, -0.2) is 0 Å². The van der Waals surface area contributed by atoms with E-state index in [1.165, 1.54) is 141 Å². The number of allylic oxidation sites excluding steroid dienone is 8. The molecular formula is C54H102NO7P. The van der Waals surface area contributed by atoms with Crippen LogP contribution in [0.1, 0.15) is 232 Å². The molecule has 0 radical (unpaired) electrons. The molecule has 0 N–H and O–H groups in total. The van der Waals surface area contributed by atoms with E-state index in [1.54, 1.807) is 0 Å². The second-order valence-electron chi connectivity index (χ2n) is 18.9. The molecule has 0 aliphatic heterocycles. The number of rotatable bonds is 49. The van der Waals surface area contributed by atoms with E-state index >= 15 is 0 Å². The number of quaternary nitrogens is 1. The maximum absolute atomic E-state index is 12.7. The van der Waals surface area contributed by atoms with Crippen molar-refractivity contribution in [3.63, 3.8) is 0 Å². The van der Waals surface area contributed by atoms with Crippen LogP contribution in [-0.4, -0.2) is 70.7 Å². The van der Waals surface area contributed by atoms with Crippen LogP contribution in [-0.2, 0) is 27.9 Å². The normalized spacial score (nSPS) is 13.9. The number of esters is 1. The van der Waals surface area contributed by atoms with E-state index in [2.05, 4.69) is 62.5 Å². The molecule has 0 rings (SSSR count). The lowest BCUT2D eigenvalue weighted by molar-refractivity contribution is -0.870. The van der Waals surface area contributed by atoms with Crippen LogP contribution in [0.15, 0.2) is 48.6 Å². The maximum atomic E-state index is 12.7. The molecular weight excluding hydrogens is 806 g/mol. The van der Waals surface area contributed by atoms with Crippen molar-refractivity contribution in [3.8, 4) is 0 Å². The third-order valence-electron chi connectivity index (χ3n) is 11.4. The lowest BCUT2D eigenvalue weighted by Crippen LogP contribution is -2.37. The molecule has 0 saturated carbocycles. The van der Waals surface area contributed by atoms with E-state index in [0.717, 1.165) is 70.6 Å². The number of unbranched alkanes of at least 4 members (excludes halogenated alkanes) is 27. The average molecular weight is 908 g/mol. The van der Waals surface area contributed by atoms with Crippen molar-refractivity contribution in [2.75, 3.05) is 54.1 Å². The predicted octanol–water partition coefficient (Wildman–Crippen LogP) is 15.7. The highest BCUT2D eigenvalue weighted by Crippen LogP contribution is 2.38. The van der Waals surface area contributed by atoms with E-state index in [4.69, 9.17) is 18.5 Å². The van der Waals surface area contributed by atoms with Crippen molar-refractivity contribution < 1.29 is 37.3 Å². The molecule has 2 unspecified atom stereocenters. The monoisotopic (exact) mass is 908 g/mol. The van der Waals surface area contributed by atoms with Crippen molar-refractivity contribution in [3.05, 3.63) is 48.6 Å². The van der Waals surface area contributed by atoms with Gasteiger partial charge in [0.05, 0.1) is 34.4 Å². The van der Waals surface area contributed by atoms with E-state index in [9.17, 15) is 14.3 Å². The maximum Gasteiger partial charge on any atom is 0.306 e. The van der Waals surface area contributed by atoms with Crippen molar-refractivity contribution in [1.82, 2.24) is 0 Å². The highest BCUT2D eigenvalue weighted by Gasteiger charge is 2.20. The van der Waals surface area contributed by atoms with E-state index < -0.39 is 13.9 Å². The minimum Gasteiger partial charge on any atom is -0.756 e. The van der Waals surface area contributed by atoms with Crippen LogP contribution in [0.3, 0.4) is 0 Å². The highest BCUT2D eigenvalue weighted by atomic mass is 31.2. The number of phosphoric acid groups is 1. The fraction of sp³-hybridized carbons (Fsp3) is 0.833. The van der Waals surface area contributed by atoms with Gasteiger partial charge in [-0.05, 0) is 51.4 Å². The molecule has 0 spiro atoms. The summed E-state index contributed by atoms with van der Waals surface area (Å²) >= 11 is 0. The Labute approximate surface area is 390 Å². The lowest BCUT2D eigenvalue weighted by atomic mass is 10.0. The number of hydrogen-bond donors (Lipinski definition) is 0. The Kier molecular flexibility index (Phi) is 45.8. The molecule has 0 amide bonds. The number of phosphoric ester groups is 1. The average Bonchev–Trinajstić information content (AvgIpc) is 3.24. The first-order valence-corrected chi connectivity index (χ1v) is 27.8. The topological polar surface area (TPSA) is 94.1 Å². The molecule has 8 nitrogen and oxygen atoms in total. The Balaban J connectivity index is 4.12. The second-order valence-corrected chi connectivity index (χ2v) is 20.3. The molecule has 0 aromatic carbocycles. The Morgan fingerprint density at radius 1 is 0.508 bits per heavy atom. The molecule has 0 aromatic heterocycles. The van der Waals surface area contributed by atoms with Gasteiger partial charge in [-0.15, -0.1) is 0 Å². The molecule has 0 fully saturated rings. The van der Waals surface area contributed by atoms with Gasteiger partial charge >= 0.3 is 5.97 Å². The Bertz CT molecular complexity index is 1150. The summed E-state index contributed by atoms with van der Waals surface area (Å²) in [5.74, 6) is -0.345. The third kappa shape index (κ3) is 51.3. The van der Waals surface area contributed by atoms with Crippen molar-refractivity contribution >= 4 is 13.8 Å². The van der Waals surface area contributed by atoms with Gasteiger partial charge in [-0.3, -0.25) is 9.36 Å². The van der Waals surface area contributed by atoms with E-state index in [-0.39, 0.29) is 25.8 Å². The number of carbonyl (C=O) groups excluding carboxylic acids is 1. The molecule has 0 aliphatic carbocycles. The van der Waals surface area contributed by atoms with E-state index in [1.807, 2.05) is 21.1 Å². The summed E-state index contributed by atoms with van der Waals surface area (Å²) in [7, 11) is 1.35. The summed E-state index contributed by atoms with van der Waals surface area (Å²) in [6.07, 6.45) is 58.5. The van der Waals surface area contributed by atoms with Gasteiger partial charge in [0.2, 0.25) is 0 Å². The Morgan fingerprint density at radius 2 is 0.921 bits per heavy atom. The minimum absolute atomic E-state index is 0.0230. The number of carbonyl (C=O) groups is 1. The quantitative estimate of drug-likeness (QED) is 0.0197. The highest BCUT2D eigenvalue weighted by molar-refractivity contribution is 7.45. The molecule has 0 heterocycles. The predicted molar refractivity (Wildman–Crippen MR) is 268 cm³/mol. The smallest absolute Gasteiger partial charge is 0.306 e. The van der Waals surface area contributed by atoms with Gasteiger partial charge in [-0.2, -0.15) is 0 Å². The van der Waals surface area contributed by atoms with E-state index in [0.29, 0.717) is 24.1 Å². The van der Waals surface area contributed by atoms with Crippen LogP contribution in [0, 0.1) is 0 Å². The van der Waals surface area contributed by atoms with Crippen LogP contribution in [0.4, 0.5) is 0 Å². The summed E-state index contributed by atoms with van der Waals surface area (Å²) in [5, 5.41) is 0. The first kappa shape index (κ1) is 61.5. The van der Waals surface area contributed by atoms with Gasteiger partial charge in [0.15, 0.2) is 0 Å². The summed E-state index contributed by atoms with van der Waals surface area (Å²) < 4.78 is 34.8. The lowest BCUT2D eigenvalue weighted by Gasteiger charge is -2.28. The zero-order valence-electron chi connectivity index (χ0n) is 42.0. The standard InChI is InChI=1S/C54H102NO7P/c1-6-8-10-12-14-16-18-20-22-24-26-27-28-30-32-34-36-38-40-42-44-46-49-59-51-53(52-61-63(57,58)60-50-48-55(3,4)5)62-54(56)47-45-43-41-39-37-35-33-31-29-25-23-21-19-17-15-13-11-9-7-2/h9,11,15,17,21,23,29,31,53H,6-8,10,12-14,16,18-20,22,24-28,30,32-52H2,1-5H3/b11-9-,17-15-,23-21-,31-29-. The SMILES string of the molecule is CC/C=C\C/C=C\C/C=C\C/C=C\CCCCCCCCC(=O)OC(COCCCCCCCCCCCCCCCCCCCCCCCC)COP(=O)([O-])OCC[N+](C)(C)C. The van der Waals surface area contributed by atoms with Crippen LogP contribution < -0.4 is 4.89 Å². The van der Waals surface area contributed by atoms with Crippen LogP contribution in [0.5, 0.6) is 0 Å². The van der Waals surface area contributed by atoms with Crippen LogP contribution in [0.2, 0.25) is 0 Å². The van der Waals surface area contributed by atoms with Crippen LogP contribution in [0.25, 0.3) is 0 Å². The Morgan fingerprint density at radius 3 is 1.38 bits per heavy atom. The fourth-order valence-electron chi connectivity index (χ4n) is 7.36. The van der Waals surface area contributed by atoms with Crippen molar-refractivity contribution in [1.29, 1.82) is 0 Å². The molecule has 370 valence electrons. The van der Waals surface area contributed by atoms with Crippen LogP contribution >= 0.6 is 7.82 Å². The number of ether oxygens (including phenoxy) is 2. The number of nitrogens with zero attached hydrogens (tertiary/aromatic N) is 1. The fourth-order valence-corrected chi connectivity index (χ4v) is 8.09. The number of hydrogen-bond acceptors (Lipinski definition) is 7. The Hall–Kier alpha value is -1.54. The van der Waals surface area contributed by atoms with Gasteiger partial charge in [0, 0.05) is 13.0 Å². The first-order valence-electron chi connectivity index (χ1n) is 26.4. The third-order valence-corrected chi connectivity index (χ3v) is 12.4. The molecule has 0 aliphatic rings. The molecule has 2 atom stereocenters. The minimum atomic E-state index is -4.54. The van der Waals surface area contributed by atoms with Gasteiger partial charge in [-0.1, -0.05) is 223 Å². The summed E-state index contributed by atoms with van der Waals surface area (Å²) in [4.78, 5) is 25.2. The zero-order chi connectivity index (χ0) is 46.2. The molecule has 0 bridgehead atoms. The summed E-state index contributed by atoms with van der Waals surface area (Å²) in [5.41, 5.74) is 0. The second kappa shape index (κ2) is 47.0. The number of likely N-dealkylation sites (N-methyl/N-ethyl adjacent to an activating group) is 1.